The summed E-state index contributed by atoms with van der Waals surface area (Å²) in [6, 6.07) is 4.07. The molecule has 0 heterocycles. The maximum Gasteiger partial charge on any atom is 0.127 e. The molecule has 0 aliphatic rings. The number of rotatable bonds is 10. The highest BCUT2D eigenvalue weighted by atomic mass is 19.1. The lowest BCUT2D eigenvalue weighted by atomic mass is 10.2. The Morgan fingerprint density at radius 1 is 1.16 bits per heavy atom. The Morgan fingerprint density at radius 3 is 2.74 bits per heavy atom. The highest BCUT2D eigenvalue weighted by molar-refractivity contribution is 5.28. The van der Waals surface area contributed by atoms with Gasteiger partial charge in [-0.2, -0.15) is 0 Å². The molecule has 5 heteroatoms. The number of halogens is 1. The normalized spacial score (nSPS) is 10.8. The largest absolute Gasteiger partial charge is 0.508 e. The Kier molecular flexibility index (Phi) is 8.13. The van der Waals surface area contributed by atoms with Crippen molar-refractivity contribution in [3.8, 4) is 5.75 Å². The molecule has 19 heavy (non-hydrogen) atoms. The minimum absolute atomic E-state index is 0.0386. The average Bonchev–Trinajstić information content (AvgIpc) is 2.36. The Morgan fingerprint density at radius 2 is 2.00 bits per heavy atom. The second kappa shape index (κ2) is 9.72. The van der Waals surface area contributed by atoms with E-state index in [2.05, 4.69) is 5.32 Å². The summed E-state index contributed by atoms with van der Waals surface area (Å²) in [6.45, 7) is 3.38. The highest BCUT2D eigenvalue weighted by Crippen LogP contribution is 2.14. The summed E-state index contributed by atoms with van der Waals surface area (Å²) in [4.78, 5) is 0. The number of phenolic OH excluding ortho intramolecular Hbond substituents is 1. The van der Waals surface area contributed by atoms with Crippen LogP contribution in [0.5, 0.6) is 5.75 Å². The van der Waals surface area contributed by atoms with Crippen molar-refractivity contribution in [1.29, 1.82) is 0 Å². The van der Waals surface area contributed by atoms with Crippen LogP contribution in [0.4, 0.5) is 4.39 Å². The van der Waals surface area contributed by atoms with Gasteiger partial charge in [-0.05, 0) is 37.1 Å². The molecule has 1 aromatic rings. The van der Waals surface area contributed by atoms with E-state index < -0.39 is 5.82 Å². The topological polar surface area (TPSA) is 50.7 Å². The summed E-state index contributed by atoms with van der Waals surface area (Å²) >= 11 is 0. The third-order valence-electron chi connectivity index (χ3n) is 2.60. The van der Waals surface area contributed by atoms with Crippen LogP contribution >= 0.6 is 0 Å². The Labute approximate surface area is 113 Å². The van der Waals surface area contributed by atoms with Gasteiger partial charge in [0.1, 0.15) is 11.6 Å². The predicted octanol–water partition coefficient (Wildman–Crippen LogP) is 2.06. The van der Waals surface area contributed by atoms with Gasteiger partial charge in [0, 0.05) is 26.3 Å². The molecule has 0 spiro atoms. The predicted molar refractivity (Wildman–Crippen MR) is 71.7 cm³/mol. The molecule has 0 bridgehead atoms. The van der Waals surface area contributed by atoms with Crippen LogP contribution in [-0.2, 0) is 16.0 Å². The van der Waals surface area contributed by atoms with Crippen molar-refractivity contribution in [3.05, 3.63) is 29.6 Å². The Balaban J connectivity index is 2.01. The van der Waals surface area contributed by atoms with Crippen LogP contribution in [0.15, 0.2) is 18.2 Å². The van der Waals surface area contributed by atoms with Gasteiger partial charge in [-0.3, -0.25) is 0 Å². The first kappa shape index (κ1) is 15.9. The van der Waals surface area contributed by atoms with Crippen molar-refractivity contribution in [2.24, 2.45) is 0 Å². The number of hydrogen-bond donors (Lipinski definition) is 2. The van der Waals surface area contributed by atoms with Crippen LogP contribution in [0.3, 0.4) is 0 Å². The van der Waals surface area contributed by atoms with E-state index in [1.165, 1.54) is 6.07 Å². The summed E-state index contributed by atoms with van der Waals surface area (Å²) in [5.74, 6) is -0.452. The molecule has 0 saturated carbocycles. The molecule has 4 nitrogen and oxygen atoms in total. The first-order chi connectivity index (χ1) is 9.22. The molecule has 0 aliphatic carbocycles. The van der Waals surface area contributed by atoms with E-state index in [1.807, 2.05) is 0 Å². The van der Waals surface area contributed by atoms with Crippen molar-refractivity contribution in [3.63, 3.8) is 0 Å². The van der Waals surface area contributed by atoms with E-state index >= 15 is 0 Å². The molecule has 0 atom stereocenters. The number of unbranched alkanes of at least 4 members (excludes halogenated alkanes) is 1. The average molecular weight is 271 g/mol. The third-order valence-corrected chi connectivity index (χ3v) is 2.60. The molecule has 1 aromatic carbocycles. The Bertz CT molecular complexity index is 340. The zero-order valence-corrected chi connectivity index (χ0v) is 11.3. The van der Waals surface area contributed by atoms with Gasteiger partial charge in [-0.1, -0.05) is 0 Å². The molecule has 2 N–H and O–H groups in total. The van der Waals surface area contributed by atoms with E-state index in [1.54, 1.807) is 13.2 Å². The fourth-order valence-electron chi connectivity index (χ4n) is 1.67. The summed E-state index contributed by atoms with van der Waals surface area (Å²) in [5, 5.41) is 12.4. The zero-order chi connectivity index (χ0) is 13.9. The fraction of sp³-hybridized carbons (Fsp3) is 0.571. The van der Waals surface area contributed by atoms with Crippen molar-refractivity contribution >= 4 is 0 Å². The van der Waals surface area contributed by atoms with Gasteiger partial charge in [-0.25, -0.2) is 4.39 Å². The Hall–Kier alpha value is -1.17. The number of benzene rings is 1. The number of hydrogen-bond acceptors (Lipinski definition) is 4. The van der Waals surface area contributed by atoms with Gasteiger partial charge in [0.25, 0.3) is 0 Å². The molecule has 0 unspecified atom stereocenters. The van der Waals surface area contributed by atoms with E-state index in [-0.39, 0.29) is 5.75 Å². The third kappa shape index (κ3) is 7.77. The highest BCUT2D eigenvalue weighted by Gasteiger charge is 1.99. The molecule has 0 fully saturated rings. The minimum Gasteiger partial charge on any atom is -0.508 e. The minimum atomic E-state index is -0.414. The zero-order valence-electron chi connectivity index (χ0n) is 11.3. The molecule has 0 aliphatic heterocycles. The lowest BCUT2D eigenvalue weighted by Crippen LogP contribution is -2.15. The molecule has 1 rings (SSSR count). The van der Waals surface area contributed by atoms with Gasteiger partial charge in [0.05, 0.1) is 13.2 Å². The monoisotopic (exact) mass is 271 g/mol. The lowest BCUT2D eigenvalue weighted by Gasteiger charge is -2.06. The molecule has 0 aromatic heterocycles. The lowest BCUT2D eigenvalue weighted by molar-refractivity contribution is 0.0688. The van der Waals surface area contributed by atoms with E-state index in [0.29, 0.717) is 19.8 Å². The van der Waals surface area contributed by atoms with Gasteiger partial charge >= 0.3 is 0 Å². The second-order valence-electron chi connectivity index (χ2n) is 4.31. The summed E-state index contributed by atoms with van der Waals surface area (Å²) < 4.78 is 23.2. The van der Waals surface area contributed by atoms with Crippen molar-refractivity contribution in [2.45, 2.75) is 19.4 Å². The second-order valence-corrected chi connectivity index (χ2v) is 4.31. The summed E-state index contributed by atoms with van der Waals surface area (Å²) in [6.07, 6.45) is 1.97. The van der Waals surface area contributed by atoms with Crippen LogP contribution in [-0.4, -0.2) is 38.6 Å². The number of nitrogens with one attached hydrogen (secondary N) is 1. The van der Waals surface area contributed by atoms with E-state index in [9.17, 15) is 9.50 Å². The molecular weight excluding hydrogens is 249 g/mol. The number of aromatic hydroxyl groups is 1. The van der Waals surface area contributed by atoms with Crippen LogP contribution in [0, 0.1) is 5.82 Å². The molecule has 108 valence electrons. The summed E-state index contributed by atoms with van der Waals surface area (Å²) in [5.41, 5.74) is 0.744. The first-order valence-electron chi connectivity index (χ1n) is 6.48. The van der Waals surface area contributed by atoms with Crippen molar-refractivity contribution < 1.29 is 19.0 Å². The maximum absolute atomic E-state index is 13.0. The molecular formula is C14H22FNO3. The van der Waals surface area contributed by atoms with Crippen molar-refractivity contribution in [2.75, 3.05) is 33.5 Å². The van der Waals surface area contributed by atoms with Crippen molar-refractivity contribution in [1.82, 2.24) is 5.32 Å². The quantitative estimate of drug-likeness (QED) is 0.640. The standard InChI is InChI=1S/C14H22FNO3/c1-18-6-7-19-5-3-2-4-16-11-12-8-13(15)10-14(17)9-12/h8-10,16-17H,2-7,11H2,1H3. The first-order valence-corrected chi connectivity index (χ1v) is 6.48. The van der Waals surface area contributed by atoms with Gasteiger partial charge < -0.3 is 19.9 Å². The molecule has 0 saturated heterocycles. The molecule has 0 radical (unpaired) electrons. The van der Waals surface area contributed by atoms with Crippen LogP contribution in [0.1, 0.15) is 18.4 Å². The number of methoxy groups -OCH3 is 1. The van der Waals surface area contributed by atoms with Gasteiger partial charge in [0.15, 0.2) is 0 Å². The van der Waals surface area contributed by atoms with Crippen LogP contribution in [0.2, 0.25) is 0 Å². The SMILES string of the molecule is COCCOCCCCNCc1cc(O)cc(F)c1. The fourth-order valence-corrected chi connectivity index (χ4v) is 1.67. The van der Waals surface area contributed by atoms with Crippen LogP contribution in [0.25, 0.3) is 0 Å². The number of ether oxygens (including phenoxy) is 2. The molecule has 0 amide bonds. The van der Waals surface area contributed by atoms with E-state index in [4.69, 9.17) is 9.47 Å². The maximum atomic E-state index is 13.0. The van der Waals surface area contributed by atoms with Crippen LogP contribution < -0.4 is 5.32 Å². The number of phenols is 1. The van der Waals surface area contributed by atoms with E-state index in [0.717, 1.165) is 37.6 Å². The van der Waals surface area contributed by atoms with Gasteiger partial charge in [-0.15, -0.1) is 0 Å². The summed E-state index contributed by atoms with van der Waals surface area (Å²) in [7, 11) is 1.65. The smallest absolute Gasteiger partial charge is 0.127 e. The van der Waals surface area contributed by atoms with Gasteiger partial charge in [0.2, 0.25) is 0 Å².